The molecule has 0 saturated carbocycles. The number of hydrogen-bond acceptors (Lipinski definition) is 2. The Hall–Kier alpha value is -1.92. The molecule has 3 rings (SSSR count). The molecule has 0 N–H and O–H groups in total. The summed E-state index contributed by atoms with van der Waals surface area (Å²) in [5.41, 5.74) is 4.66. The molecule has 0 amide bonds. The van der Waals surface area contributed by atoms with Gasteiger partial charge in [0, 0.05) is 0 Å². The number of benzene rings is 1. The third kappa shape index (κ3) is 4.03. The summed E-state index contributed by atoms with van der Waals surface area (Å²) in [4.78, 5) is 16.2. The van der Waals surface area contributed by atoms with Crippen LogP contribution in [0.15, 0.2) is 53.6 Å². The molecule has 0 bridgehead atoms. The molecule has 110 valence electrons. The molecule has 0 heterocycles. The molecule has 2 nitrogen and oxygen atoms in total. The SMILES string of the molecule is CC1=C[C@H](C)C[C@H]2CC(Cc3ccccc3)C=C12.O=C=O. The molecule has 0 saturated heterocycles. The number of fused-ring (bicyclic) bond motifs is 1. The van der Waals surface area contributed by atoms with E-state index in [1.807, 2.05) is 0 Å². The van der Waals surface area contributed by atoms with E-state index in [0.717, 1.165) is 17.8 Å². The fraction of sp³-hybridized carbons (Fsp3) is 0.421. The van der Waals surface area contributed by atoms with Gasteiger partial charge in [-0.15, -0.1) is 0 Å². The Morgan fingerprint density at radius 3 is 2.43 bits per heavy atom. The van der Waals surface area contributed by atoms with Crippen LogP contribution in [0.4, 0.5) is 0 Å². The molecule has 2 heteroatoms. The Labute approximate surface area is 126 Å². The summed E-state index contributed by atoms with van der Waals surface area (Å²) in [5.74, 6) is 2.35. The van der Waals surface area contributed by atoms with Gasteiger partial charge in [-0.05, 0) is 55.1 Å². The molecule has 1 unspecified atom stereocenters. The molecular formula is C19H22O2. The van der Waals surface area contributed by atoms with Crippen molar-refractivity contribution < 1.29 is 9.59 Å². The number of hydrogen-bond donors (Lipinski definition) is 0. The second-order valence-electron chi connectivity index (χ2n) is 6.15. The molecule has 0 spiro atoms. The van der Waals surface area contributed by atoms with Crippen molar-refractivity contribution in [3.63, 3.8) is 0 Å². The zero-order chi connectivity index (χ0) is 15.2. The zero-order valence-electron chi connectivity index (χ0n) is 12.7. The highest BCUT2D eigenvalue weighted by atomic mass is 16.2. The Bertz CT molecular complexity index is 562. The molecule has 0 aromatic heterocycles. The van der Waals surface area contributed by atoms with Gasteiger partial charge in [0.2, 0.25) is 0 Å². The number of allylic oxidation sites excluding steroid dienone is 4. The predicted octanol–water partition coefficient (Wildman–Crippen LogP) is 4.19. The van der Waals surface area contributed by atoms with E-state index in [0.29, 0.717) is 0 Å². The first kappa shape index (κ1) is 15.5. The lowest BCUT2D eigenvalue weighted by Crippen LogP contribution is -2.12. The predicted molar refractivity (Wildman–Crippen MR) is 82.4 cm³/mol. The fourth-order valence-electron chi connectivity index (χ4n) is 3.73. The van der Waals surface area contributed by atoms with Gasteiger partial charge in [0.15, 0.2) is 0 Å². The topological polar surface area (TPSA) is 34.1 Å². The number of carbonyl (C=O) groups excluding carboxylic acids is 2. The highest BCUT2D eigenvalue weighted by molar-refractivity contribution is 5.38. The van der Waals surface area contributed by atoms with Crippen molar-refractivity contribution >= 4 is 6.15 Å². The van der Waals surface area contributed by atoms with Crippen LogP contribution in [-0.4, -0.2) is 6.15 Å². The van der Waals surface area contributed by atoms with E-state index in [4.69, 9.17) is 9.59 Å². The van der Waals surface area contributed by atoms with E-state index in [-0.39, 0.29) is 6.15 Å². The molecule has 1 aromatic rings. The molecule has 0 fully saturated rings. The van der Waals surface area contributed by atoms with Crippen molar-refractivity contribution in [1.29, 1.82) is 0 Å². The third-order valence-corrected chi connectivity index (χ3v) is 4.43. The lowest BCUT2D eigenvalue weighted by Gasteiger charge is -2.24. The van der Waals surface area contributed by atoms with Crippen LogP contribution in [0.5, 0.6) is 0 Å². The van der Waals surface area contributed by atoms with Gasteiger partial charge in [0.25, 0.3) is 0 Å². The van der Waals surface area contributed by atoms with Gasteiger partial charge in [0.05, 0.1) is 0 Å². The van der Waals surface area contributed by atoms with Gasteiger partial charge in [-0.3, -0.25) is 0 Å². The van der Waals surface area contributed by atoms with E-state index < -0.39 is 0 Å². The van der Waals surface area contributed by atoms with Gasteiger partial charge in [-0.2, -0.15) is 9.59 Å². The first-order valence-electron chi connectivity index (χ1n) is 7.57. The monoisotopic (exact) mass is 282 g/mol. The van der Waals surface area contributed by atoms with Gasteiger partial charge < -0.3 is 0 Å². The molecule has 21 heavy (non-hydrogen) atoms. The van der Waals surface area contributed by atoms with Crippen LogP contribution < -0.4 is 0 Å². The van der Waals surface area contributed by atoms with Crippen LogP contribution in [0.1, 0.15) is 32.3 Å². The average Bonchev–Trinajstić information content (AvgIpc) is 2.83. The van der Waals surface area contributed by atoms with Gasteiger partial charge >= 0.3 is 6.15 Å². The van der Waals surface area contributed by atoms with Crippen molar-refractivity contribution in [3.8, 4) is 0 Å². The van der Waals surface area contributed by atoms with Crippen molar-refractivity contribution in [3.05, 3.63) is 59.2 Å². The minimum absolute atomic E-state index is 0.250. The Kier molecular flexibility index (Phi) is 5.30. The van der Waals surface area contributed by atoms with Crippen molar-refractivity contribution in [2.75, 3.05) is 0 Å². The van der Waals surface area contributed by atoms with E-state index in [1.54, 1.807) is 5.57 Å². The van der Waals surface area contributed by atoms with Crippen molar-refractivity contribution in [2.45, 2.75) is 33.1 Å². The standard InChI is InChI=1S/C18H22.CO2/c1-13-8-14(2)18-12-16(11-17(18)9-13)10-15-6-4-3-5-7-15;2-1-3/h3-8,12-13,16-17H,9-11H2,1-2H3;/t13-,16?,17-;/m0./s1. The van der Waals surface area contributed by atoms with Gasteiger partial charge in [-0.1, -0.05) is 55.0 Å². The largest absolute Gasteiger partial charge is 0.373 e. The van der Waals surface area contributed by atoms with E-state index in [9.17, 15) is 0 Å². The smallest absolute Gasteiger partial charge is 0.186 e. The molecule has 0 radical (unpaired) electrons. The molecule has 3 atom stereocenters. The average molecular weight is 282 g/mol. The summed E-state index contributed by atoms with van der Waals surface area (Å²) >= 11 is 0. The Morgan fingerprint density at radius 2 is 1.76 bits per heavy atom. The fourth-order valence-corrected chi connectivity index (χ4v) is 3.73. The molecule has 1 aromatic carbocycles. The van der Waals surface area contributed by atoms with Gasteiger partial charge in [-0.25, -0.2) is 0 Å². The minimum atomic E-state index is 0.250. The maximum atomic E-state index is 8.12. The highest BCUT2D eigenvalue weighted by Crippen LogP contribution is 2.43. The first-order chi connectivity index (χ1) is 10.1. The van der Waals surface area contributed by atoms with E-state index in [1.165, 1.54) is 30.4 Å². The lowest BCUT2D eigenvalue weighted by molar-refractivity contribution is -0.191. The summed E-state index contributed by atoms with van der Waals surface area (Å²) in [5, 5.41) is 0. The van der Waals surface area contributed by atoms with Crippen LogP contribution in [0.3, 0.4) is 0 Å². The van der Waals surface area contributed by atoms with Crippen molar-refractivity contribution in [2.24, 2.45) is 17.8 Å². The number of rotatable bonds is 2. The third-order valence-electron chi connectivity index (χ3n) is 4.43. The van der Waals surface area contributed by atoms with E-state index >= 15 is 0 Å². The molecule has 2 aliphatic rings. The Morgan fingerprint density at radius 1 is 1.10 bits per heavy atom. The van der Waals surface area contributed by atoms with Crippen LogP contribution in [0.2, 0.25) is 0 Å². The normalized spacial score (nSPS) is 26.7. The van der Waals surface area contributed by atoms with Crippen molar-refractivity contribution in [1.82, 2.24) is 0 Å². The minimum Gasteiger partial charge on any atom is -0.186 e. The first-order valence-corrected chi connectivity index (χ1v) is 7.57. The lowest BCUT2D eigenvalue weighted by atomic mass is 9.80. The zero-order valence-corrected chi connectivity index (χ0v) is 12.7. The second kappa shape index (κ2) is 7.19. The Balaban J connectivity index is 0.000000497. The summed E-state index contributed by atoms with van der Waals surface area (Å²) in [6.45, 7) is 4.64. The highest BCUT2D eigenvalue weighted by Gasteiger charge is 2.30. The second-order valence-corrected chi connectivity index (χ2v) is 6.15. The van der Waals surface area contributed by atoms with Crippen LogP contribution in [0.25, 0.3) is 0 Å². The van der Waals surface area contributed by atoms with Crippen LogP contribution in [0, 0.1) is 17.8 Å². The molecule has 0 aliphatic heterocycles. The maximum Gasteiger partial charge on any atom is 0.373 e. The summed E-state index contributed by atoms with van der Waals surface area (Å²) in [6, 6.07) is 10.9. The summed E-state index contributed by atoms with van der Waals surface area (Å²) in [7, 11) is 0. The molecular weight excluding hydrogens is 260 g/mol. The van der Waals surface area contributed by atoms with Gasteiger partial charge in [0.1, 0.15) is 0 Å². The van der Waals surface area contributed by atoms with E-state index in [2.05, 4.69) is 56.3 Å². The van der Waals surface area contributed by atoms with Crippen LogP contribution >= 0.6 is 0 Å². The quantitative estimate of drug-likeness (QED) is 0.815. The summed E-state index contributed by atoms with van der Waals surface area (Å²) < 4.78 is 0. The summed E-state index contributed by atoms with van der Waals surface area (Å²) in [6.07, 6.45) is 9.18. The maximum absolute atomic E-state index is 8.12. The molecule has 2 aliphatic carbocycles. The van der Waals surface area contributed by atoms with Crippen LogP contribution in [-0.2, 0) is 16.0 Å².